The van der Waals surface area contributed by atoms with Gasteiger partial charge in [-0.1, -0.05) is 29.8 Å². The van der Waals surface area contributed by atoms with Gasteiger partial charge in [0.25, 0.3) is 0 Å². The summed E-state index contributed by atoms with van der Waals surface area (Å²) in [5.41, 5.74) is 9.54. The van der Waals surface area contributed by atoms with Gasteiger partial charge in [-0.3, -0.25) is 9.69 Å². The van der Waals surface area contributed by atoms with Gasteiger partial charge in [0.1, 0.15) is 0 Å². The minimum absolute atomic E-state index is 0.0691. The van der Waals surface area contributed by atoms with Crippen molar-refractivity contribution in [3.63, 3.8) is 0 Å². The number of rotatable bonds is 5. The SMILES string of the molecule is Cc1ccc(-c2c(C)c3c(c(C)c2CC(=O)O)CN(C[C@H]2CCOC2)C3)cc1. The molecule has 4 rings (SSSR count). The zero-order chi connectivity index (χ0) is 19.8. The number of ether oxygens (including phenoxy) is 1. The van der Waals surface area contributed by atoms with Gasteiger partial charge in [0, 0.05) is 26.2 Å². The lowest BCUT2D eigenvalue weighted by Crippen LogP contribution is -2.24. The Morgan fingerprint density at radius 2 is 1.79 bits per heavy atom. The number of carboxylic acids is 1. The Labute approximate surface area is 167 Å². The molecule has 4 heteroatoms. The summed E-state index contributed by atoms with van der Waals surface area (Å²) in [4.78, 5) is 14.1. The van der Waals surface area contributed by atoms with E-state index in [9.17, 15) is 9.90 Å². The molecule has 28 heavy (non-hydrogen) atoms. The van der Waals surface area contributed by atoms with Crippen LogP contribution in [0.2, 0.25) is 0 Å². The van der Waals surface area contributed by atoms with E-state index in [2.05, 4.69) is 49.9 Å². The second-order valence-corrected chi connectivity index (χ2v) is 8.40. The molecular weight excluding hydrogens is 350 g/mol. The molecule has 2 aliphatic rings. The number of aryl methyl sites for hydroxylation is 1. The molecule has 0 unspecified atom stereocenters. The predicted octanol–water partition coefficient (Wildman–Crippen LogP) is 4.26. The quantitative estimate of drug-likeness (QED) is 0.843. The Morgan fingerprint density at radius 3 is 2.39 bits per heavy atom. The van der Waals surface area contributed by atoms with Crippen molar-refractivity contribution in [2.45, 2.75) is 46.7 Å². The van der Waals surface area contributed by atoms with E-state index >= 15 is 0 Å². The maximum Gasteiger partial charge on any atom is 0.307 e. The number of hydrogen-bond donors (Lipinski definition) is 1. The number of nitrogens with zero attached hydrogens (tertiary/aromatic N) is 1. The van der Waals surface area contributed by atoms with Crippen LogP contribution in [0.3, 0.4) is 0 Å². The fourth-order valence-corrected chi connectivity index (χ4v) is 4.84. The molecule has 1 saturated heterocycles. The Morgan fingerprint density at radius 1 is 1.11 bits per heavy atom. The molecule has 2 aromatic rings. The van der Waals surface area contributed by atoms with Crippen molar-refractivity contribution >= 4 is 5.97 Å². The predicted molar refractivity (Wildman–Crippen MR) is 110 cm³/mol. The van der Waals surface area contributed by atoms with E-state index in [1.165, 1.54) is 22.3 Å². The standard InChI is InChI=1S/C24H29NO3/c1-15-4-6-19(7-5-15)24-17(3)22-13-25(11-18-8-9-28-14-18)12-21(22)16(2)20(24)10-23(26)27/h4-7,18H,8-14H2,1-3H3,(H,26,27)/t18-/m1/s1. The maximum absolute atomic E-state index is 11.6. The molecule has 0 bridgehead atoms. The zero-order valence-electron chi connectivity index (χ0n) is 17.0. The first kappa shape index (κ1) is 19.2. The van der Waals surface area contributed by atoms with Gasteiger partial charge < -0.3 is 9.84 Å². The smallest absolute Gasteiger partial charge is 0.307 e. The summed E-state index contributed by atoms with van der Waals surface area (Å²) in [5.74, 6) is -0.154. The first-order valence-electron chi connectivity index (χ1n) is 10.2. The van der Waals surface area contributed by atoms with Gasteiger partial charge in [0.05, 0.1) is 13.0 Å². The van der Waals surface area contributed by atoms with Gasteiger partial charge in [-0.05, 0) is 72.1 Å². The van der Waals surface area contributed by atoms with E-state index in [1.807, 2.05) is 0 Å². The van der Waals surface area contributed by atoms with Crippen LogP contribution >= 0.6 is 0 Å². The maximum atomic E-state index is 11.6. The first-order valence-corrected chi connectivity index (χ1v) is 10.2. The summed E-state index contributed by atoms with van der Waals surface area (Å²) >= 11 is 0. The van der Waals surface area contributed by atoms with Crippen LogP contribution in [0.4, 0.5) is 0 Å². The highest BCUT2D eigenvalue weighted by Gasteiger charge is 2.30. The van der Waals surface area contributed by atoms with Crippen LogP contribution < -0.4 is 0 Å². The van der Waals surface area contributed by atoms with Crippen molar-refractivity contribution in [1.29, 1.82) is 0 Å². The van der Waals surface area contributed by atoms with Crippen molar-refractivity contribution in [2.75, 3.05) is 19.8 Å². The number of benzene rings is 2. The second kappa shape index (κ2) is 7.69. The minimum atomic E-state index is -0.770. The van der Waals surface area contributed by atoms with Gasteiger partial charge >= 0.3 is 5.97 Å². The van der Waals surface area contributed by atoms with Gasteiger partial charge in [0.2, 0.25) is 0 Å². The zero-order valence-corrected chi connectivity index (χ0v) is 17.0. The molecule has 1 fully saturated rings. The molecule has 1 atom stereocenters. The van der Waals surface area contributed by atoms with Crippen molar-refractivity contribution in [3.8, 4) is 11.1 Å². The van der Waals surface area contributed by atoms with Gasteiger partial charge in [-0.15, -0.1) is 0 Å². The molecule has 0 saturated carbocycles. The third-order valence-corrected chi connectivity index (χ3v) is 6.37. The molecule has 0 aromatic heterocycles. The molecule has 4 nitrogen and oxygen atoms in total. The third-order valence-electron chi connectivity index (χ3n) is 6.37. The van der Waals surface area contributed by atoms with Crippen LogP contribution in [-0.4, -0.2) is 35.7 Å². The van der Waals surface area contributed by atoms with Crippen LogP contribution in [0.5, 0.6) is 0 Å². The lowest BCUT2D eigenvalue weighted by molar-refractivity contribution is -0.136. The molecule has 2 heterocycles. The van der Waals surface area contributed by atoms with Gasteiger partial charge in [0.15, 0.2) is 0 Å². The molecule has 0 amide bonds. The number of fused-ring (bicyclic) bond motifs is 1. The number of aliphatic carboxylic acids is 1. The molecule has 2 aliphatic heterocycles. The summed E-state index contributed by atoms with van der Waals surface area (Å²) in [6.07, 6.45) is 1.21. The van der Waals surface area contributed by atoms with E-state index in [1.54, 1.807) is 0 Å². The van der Waals surface area contributed by atoms with Crippen molar-refractivity contribution < 1.29 is 14.6 Å². The van der Waals surface area contributed by atoms with E-state index in [-0.39, 0.29) is 6.42 Å². The van der Waals surface area contributed by atoms with Gasteiger partial charge in [-0.2, -0.15) is 0 Å². The summed E-state index contributed by atoms with van der Waals surface area (Å²) in [6, 6.07) is 8.46. The summed E-state index contributed by atoms with van der Waals surface area (Å²) in [5, 5.41) is 9.56. The highest BCUT2D eigenvalue weighted by Crippen LogP contribution is 2.40. The highest BCUT2D eigenvalue weighted by atomic mass is 16.5. The Kier molecular flexibility index (Phi) is 5.26. The lowest BCUT2D eigenvalue weighted by atomic mass is 9.84. The fraction of sp³-hybridized carbons (Fsp3) is 0.458. The Bertz CT molecular complexity index is 895. The minimum Gasteiger partial charge on any atom is -0.481 e. The lowest BCUT2D eigenvalue weighted by Gasteiger charge is -2.20. The highest BCUT2D eigenvalue weighted by molar-refractivity contribution is 5.81. The van der Waals surface area contributed by atoms with Gasteiger partial charge in [-0.25, -0.2) is 0 Å². The first-order chi connectivity index (χ1) is 13.4. The van der Waals surface area contributed by atoms with Crippen LogP contribution in [-0.2, 0) is 29.0 Å². The van der Waals surface area contributed by atoms with E-state index in [4.69, 9.17) is 4.74 Å². The van der Waals surface area contributed by atoms with E-state index in [0.717, 1.165) is 61.5 Å². The fourth-order valence-electron chi connectivity index (χ4n) is 4.84. The molecular formula is C24H29NO3. The number of carboxylic acid groups (broad SMARTS) is 1. The molecule has 0 radical (unpaired) electrons. The Balaban J connectivity index is 1.76. The summed E-state index contributed by atoms with van der Waals surface area (Å²) in [6.45, 7) is 11.0. The summed E-state index contributed by atoms with van der Waals surface area (Å²) in [7, 11) is 0. The molecule has 0 aliphatic carbocycles. The average Bonchev–Trinajstić information content (AvgIpc) is 3.31. The molecule has 1 N–H and O–H groups in total. The normalized spacial score (nSPS) is 19.2. The van der Waals surface area contributed by atoms with Crippen LogP contribution in [0.15, 0.2) is 24.3 Å². The van der Waals surface area contributed by atoms with Crippen molar-refractivity contribution in [2.24, 2.45) is 5.92 Å². The Hall–Kier alpha value is -2.17. The molecule has 2 aromatic carbocycles. The number of carbonyl (C=O) groups is 1. The van der Waals surface area contributed by atoms with Crippen molar-refractivity contribution in [1.82, 2.24) is 4.90 Å². The molecule has 148 valence electrons. The van der Waals surface area contributed by atoms with Crippen LogP contribution in [0.25, 0.3) is 11.1 Å². The largest absolute Gasteiger partial charge is 0.481 e. The van der Waals surface area contributed by atoms with E-state index in [0.29, 0.717) is 5.92 Å². The van der Waals surface area contributed by atoms with Crippen molar-refractivity contribution in [3.05, 3.63) is 57.6 Å². The number of hydrogen-bond acceptors (Lipinski definition) is 3. The van der Waals surface area contributed by atoms with Crippen LogP contribution in [0, 0.1) is 26.7 Å². The monoisotopic (exact) mass is 379 g/mol. The topological polar surface area (TPSA) is 49.8 Å². The van der Waals surface area contributed by atoms with Crippen LogP contribution in [0.1, 0.15) is 39.8 Å². The summed E-state index contributed by atoms with van der Waals surface area (Å²) < 4.78 is 5.55. The second-order valence-electron chi connectivity index (χ2n) is 8.40. The average molecular weight is 380 g/mol. The molecule has 0 spiro atoms. The van der Waals surface area contributed by atoms with E-state index < -0.39 is 5.97 Å². The third kappa shape index (κ3) is 3.59.